The Morgan fingerprint density at radius 2 is 2.05 bits per heavy atom. The molecule has 1 heterocycles. The number of benzene rings is 1. The van der Waals surface area contributed by atoms with Gasteiger partial charge in [0.25, 0.3) is 0 Å². The molecule has 0 spiro atoms. The molecular formula is C16H24N2O. The minimum atomic E-state index is -0.0613. The lowest BCUT2D eigenvalue weighted by atomic mass is 9.89. The summed E-state index contributed by atoms with van der Waals surface area (Å²) in [5.74, 6) is 0. The number of aliphatic hydroxyl groups is 1. The molecule has 2 aliphatic rings. The zero-order chi connectivity index (χ0) is 13.1. The molecule has 0 aromatic heterocycles. The Morgan fingerprint density at radius 1 is 1.26 bits per heavy atom. The molecule has 0 radical (unpaired) electrons. The molecule has 2 N–H and O–H groups in total. The van der Waals surface area contributed by atoms with Crippen molar-refractivity contribution in [2.24, 2.45) is 0 Å². The number of hydrogen-bond acceptors (Lipinski definition) is 3. The van der Waals surface area contributed by atoms with E-state index in [0.717, 1.165) is 26.1 Å². The second kappa shape index (κ2) is 5.61. The normalized spacial score (nSPS) is 28.5. The van der Waals surface area contributed by atoms with Crippen molar-refractivity contribution in [3.8, 4) is 0 Å². The van der Waals surface area contributed by atoms with Gasteiger partial charge in [-0.2, -0.15) is 0 Å². The summed E-state index contributed by atoms with van der Waals surface area (Å²) >= 11 is 0. The van der Waals surface area contributed by atoms with Gasteiger partial charge in [-0.1, -0.05) is 30.3 Å². The third-order valence-corrected chi connectivity index (χ3v) is 4.30. The van der Waals surface area contributed by atoms with Crippen LogP contribution in [0.15, 0.2) is 30.3 Å². The van der Waals surface area contributed by atoms with Gasteiger partial charge in [0.15, 0.2) is 0 Å². The van der Waals surface area contributed by atoms with E-state index in [1.54, 1.807) is 0 Å². The quantitative estimate of drug-likeness (QED) is 0.847. The average Bonchev–Trinajstić information content (AvgIpc) is 3.24. The minimum absolute atomic E-state index is 0.0613. The Labute approximate surface area is 115 Å². The van der Waals surface area contributed by atoms with E-state index < -0.39 is 0 Å². The number of piperidine rings is 1. The fraction of sp³-hybridized carbons (Fsp3) is 0.625. The zero-order valence-electron chi connectivity index (χ0n) is 11.5. The molecule has 1 aliphatic carbocycles. The zero-order valence-corrected chi connectivity index (χ0v) is 11.5. The van der Waals surface area contributed by atoms with Crippen molar-refractivity contribution in [2.45, 2.75) is 43.8 Å². The van der Waals surface area contributed by atoms with E-state index in [1.807, 2.05) is 0 Å². The fourth-order valence-electron chi connectivity index (χ4n) is 3.16. The number of aliphatic hydroxyl groups excluding tert-OH is 1. The number of hydrogen-bond donors (Lipinski definition) is 2. The lowest BCUT2D eigenvalue weighted by molar-refractivity contribution is 0.0621. The van der Waals surface area contributed by atoms with E-state index in [4.69, 9.17) is 0 Å². The van der Waals surface area contributed by atoms with E-state index in [0.29, 0.717) is 6.04 Å². The van der Waals surface area contributed by atoms with Gasteiger partial charge < -0.3 is 10.4 Å². The summed E-state index contributed by atoms with van der Waals surface area (Å²) in [6, 6.07) is 11.3. The van der Waals surface area contributed by atoms with Gasteiger partial charge in [0.1, 0.15) is 0 Å². The summed E-state index contributed by atoms with van der Waals surface area (Å²) in [5.41, 5.74) is 1.30. The van der Waals surface area contributed by atoms with Crippen molar-refractivity contribution < 1.29 is 5.11 Å². The van der Waals surface area contributed by atoms with Gasteiger partial charge in [0.2, 0.25) is 0 Å². The van der Waals surface area contributed by atoms with Crippen molar-refractivity contribution in [1.29, 1.82) is 0 Å². The van der Waals surface area contributed by atoms with E-state index in [1.165, 1.54) is 24.8 Å². The van der Waals surface area contributed by atoms with Crippen LogP contribution in [0.1, 0.15) is 31.2 Å². The lowest BCUT2D eigenvalue weighted by Gasteiger charge is -2.42. The first-order valence-corrected chi connectivity index (χ1v) is 7.44. The summed E-state index contributed by atoms with van der Waals surface area (Å²) in [6.07, 6.45) is 4.83. The highest BCUT2D eigenvalue weighted by Gasteiger charge is 2.39. The van der Waals surface area contributed by atoms with Crippen LogP contribution in [0, 0.1) is 0 Å². The van der Waals surface area contributed by atoms with Crippen LogP contribution in [-0.2, 0) is 6.54 Å². The van der Waals surface area contributed by atoms with E-state index in [-0.39, 0.29) is 12.1 Å². The fourth-order valence-corrected chi connectivity index (χ4v) is 3.16. The highest BCUT2D eigenvalue weighted by atomic mass is 16.3. The third kappa shape index (κ3) is 3.35. The maximum absolute atomic E-state index is 9.81. The third-order valence-electron chi connectivity index (χ3n) is 4.30. The Morgan fingerprint density at radius 3 is 2.74 bits per heavy atom. The highest BCUT2D eigenvalue weighted by Crippen LogP contribution is 2.28. The minimum Gasteiger partial charge on any atom is -0.394 e. The van der Waals surface area contributed by atoms with E-state index >= 15 is 0 Å². The molecule has 1 unspecified atom stereocenters. The number of nitrogens with zero attached hydrogens (tertiary/aromatic N) is 1. The van der Waals surface area contributed by atoms with Gasteiger partial charge in [-0.25, -0.2) is 0 Å². The Balaban J connectivity index is 1.63. The maximum Gasteiger partial charge on any atom is 0.0626 e. The Kier molecular flexibility index (Phi) is 3.87. The summed E-state index contributed by atoms with van der Waals surface area (Å²) in [6.45, 7) is 3.36. The molecule has 1 aromatic carbocycles. The number of likely N-dealkylation sites (tertiary alicyclic amines) is 1. The molecule has 1 aromatic rings. The van der Waals surface area contributed by atoms with Crippen LogP contribution in [0.3, 0.4) is 0 Å². The predicted molar refractivity (Wildman–Crippen MR) is 76.9 cm³/mol. The van der Waals surface area contributed by atoms with Crippen LogP contribution < -0.4 is 5.32 Å². The molecule has 1 saturated heterocycles. The number of nitrogens with one attached hydrogen (secondary N) is 1. The molecular weight excluding hydrogens is 236 g/mol. The first-order chi connectivity index (χ1) is 9.30. The SMILES string of the molecule is OCC1(NC2CC2)CCCN(Cc2ccccc2)C1. The highest BCUT2D eigenvalue weighted by molar-refractivity contribution is 5.15. The van der Waals surface area contributed by atoms with Crippen LogP contribution in [0.4, 0.5) is 0 Å². The predicted octanol–water partition coefficient (Wildman–Crippen LogP) is 1.77. The summed E-state index contributed by atoms with van der Waals surface area (Å²) < 4.78 is 0. The van der Waals surface area contributed by atoms with E-state index in [9.17, 15) is 5.11 Å². The summed E-state index contributed by atoms with van der Waals surface area (Å²) in [5, 5.41) is 13.5. The first-order valence-electron chi connectivity index (χ1n) is 7.44. The van der Waals surface area contributed by atoms with Gasteiger partial charge >= 0.3 is 0 Å². The largest absolute Gasteiger partial charge is 0.394 e. The van der Waals surface area contributed by atoms with Gasteiger partial charge in [0, 0.05) is 19.1 Å². The molecule has 1 aliphatic heterocycles. The average molecular weight is 260 g/mol. The first kappa shape index (κ1) is 13.1. The second-order valence-electron chi connectivity index (χ2n) is 6.16. The maximum atomic E-state index is 9.81. The molecule has 0 bridgehead atoms. The Bertz CT molecular complexity index is 404. The van der Waals surface area contributed by atoms with Crippen LogP contribution >= 0.6 is 0 Å². The van der Waals surface area contributed by atoms with Crippen LogP contribution in [0.5, 0.6) is 0 Å². The smallest absolute Gasteiger partial charge is 0.0626 e. The molecule has 19 heavy (non-hydrogen) atoms. The van der Waals surface area contributed by atoms with Crippen molar-refractivity contribution in [2.75, 3.05) is 19.7 Å². The van der Waals surface area contributed by atoms with Gasteiger partial charge in [-0.05, 0) is 37.8 Å². The van der Waals surface area contributed by atoms with Gasteiger partial charge in [0.05, 0.1) is 12.1 Å². The van der Waals surface area contributed by atoms with Crippen molar-refractivity contribution in [3.05, 3.63) is 35.9 Å². The monoisotopic (exact) mass is 260 g/mol. The van der Waals surface area contributed by atoms with Crippen molar-refractivity contribution in [1.82, 2.24) is 10.2 Å². The van der Waals surface area contributed by atoms with Crippen LogP contribution in [-0.4, -0.2) is 41.3 Å². The molecule has 2 fully saturated rings. The second-order valence-corrected chi connectivity index (χ2v) is 6.16. The van der Waals surface area contributed by atoms with E-state index in [2.05, 4.69) is 40.5 Å². The molecule has 0 amide bonds. The molecule has 1 atom stereocenters. The Hall–Kier alpha value is -0.900. The standard InChI is InChI=1S/C16H24N2O/c19-13-16(17-15-7-8-15)9-4-10-18(12-16)11-14-5-2-1-3-6-14/h1-3,5-6,15,17,19H,4,7-13H2. The van der Waals surface area contributed by atoms with Crippen molar-refractivity contribution in [3.63, 3.8) is 0 Å². The molecule has 3 heteroatoms. The van der Waals surface area contributed by atoms with Crippen LogP contribution in [0.25, 0.3) is 0 Å². The lowest BCUT2D eigenvalue weighted by Crippen LogP contribution is -2.59. The van der Waals surface area contributed by atoms with Crippen LogP contribution in [0.2, 0.25) is 0 Å². The molecule has 104 valence electrons. The van der Waals surface area contributed by atoms with Gasteiger partial charge in [-0.15, -0.1) is 0 Å². The number of rotatable bonds is 5. The molecule has 3 rings (SSSR count). The van der Waals surface area contributed by atoms with Gasteiger partial charge in [-0.3, -0.25) is 4.90 Å². The summed E-state index contributed by atoms with van der Waals surface area (Å²) in [7, 11) is 0. The summed E-state index contributed by atoms with van der Waals surface area (Å²) in [4.78, 5) is 2.48. The van der Waals surface area contributed by atoms with Crippen molar-refractivity contribution >= 4 is 0 Å². The topological polar surface area (TPSA) is 35.5 Å². The molecule has 3 nitrogen and oxygen atoms in total. The molecule has 1 saturated carbocycles.